The van der Waals surface area contributed by atoms with Crippen LogP contribution in [0.25, 0.3) is 16.8 Å². The van der Waals surface area contributed by atoms with Gasteiger partial charge in [0.05, 0.1) is 0 Å². The number of carbonyl (C=O) groups is 3. The van der Waals surface area contributed by atoms with Crippen molar-refractivity contribution in [3.63, 3.8) is 0 Å². The highest BCUT2D eigenvalue weighted by Gasteiger charge is 2.23. The Hall–Kier alpha value is -5.92. The second kappa shape index (κ2) is 14.9. The molecule has 0 radical (unpaired) electrons. The summed E-state index contributed by atoms with van der Waals surface area (Å²) >= 11 is 1.39. The molecular formula is C40H31N3O3S. The van der Waals surface area contributed by atoms with Gasteiger partial charge >= 0.3 is 0 Å². The fourth-order valence-corrected chi connectivity index (χ4v) is 6.10. The number of amides is 3. The molecule has 3 amide bonds. The molecular weight excluding hydrogens is 603 g/mol. The molecule has 0 bridgehead atoms. The second-order valence-corrected chi connectivity index (χ2v) is 11.9. The van der Waals surface area contributed by atoms with Gasteiger partial charge in [0.25, 0.3) is 11.8 Å². The molecule has 3 N–H and O–H groups in total. The van der Waals surface area contributed by atoms with Crippen molar-refractivity contribution in [2.24, 2.45) is 0 Å². The Balaban J connectivity index is 1.22. The summed E-state index contributed by atoms with van der Waals surface area (Å²) in [5.41, 5.74) is 3.38. The van der Waals surface area contributed by atoms with Crippen molar-refractivity contribution >= 4 is 57.7 Å². The van der Waals surface area contributed by atoms with Crippen LogP contribution in [-0.4, -0.2) is 17.7 Å². The minimum atomic E-state index is -0.563. The van der Waals surface area contributed by atoms with Crippen LogP contribution in [0.15, 0.2) is 168 Å². The predicted molar refractivity (Wildman–Crippen MR) is 191 cm³/mol. The van der Waals surface area contributed by atoms with Gasteiger partial charge < -0.3 is 16.0 Å². The van der Waals surface area contributed by atoms with E-state index in [1.54, 1.807) is 36.4 Å². The van der Waals surface area contributed by atoms with Crippen molar-refractivity contribution in [1.82, 2.24) is 5.32 Å². The summed E-state index contributed by atoms with van der Waals surface area (Å²) in [5, 5.41) is 10.4. The van der Waals surface area contributed by atoms with Crippen LogP contribution in [0.3, 0.4) is 0 Å². The van der Waals surface area contributed by atoms with E-state index < -0.39 is 17.1 Å². The molecule has 1 unspecified atom stereocenters. The average Bonchev–Trinajstić information content (AvgIpc) is 3.11. The topological polar surface area (TPSA) is 87.3 Å². The van der Waals surface area contributed by atoms with Gasteiger partial charge in [0.2, 0.25) is 5.91 Å². The van der Waals surface area contributed by atoms with Gasteiger partial charge in [0.1, 0.15) is 10.9 Å². The zero-order chi connectivity index (χ0) is 32.4. The fourth-order valence-electron chi connectivity index (χ4n) is 5.02. The molecule has 7 heteroatoms. The molecule has 1 atom stereocenters. The standard InChI is InChI=1S/C40H31N3O3S/c44-38(31-18-8-3-9-19-31)43-36(25-28-13-4-1-5-14-28)39(45)41-33-21-12-22-35(27-33)47-37(30-16-6-2-7-17-30)40(46)42-34-24-23-29-15-10-11-20-32(29)26-34/h1-27,37H,(H,41,45)(H,42,46)(H,43,44)/b36-25-. The van der Waals surface area contributed by atoms with Crippen LogP contribution in [0, 0.1) is 0 Å². The molecule has 0 heterocycles. The van der Waals surface area contributed by atoms with E-state index in [1.165, 1.54) is 11.8 Å². The number of anilines is 2. The molecule has 0 aliphatic heterocycles. The number of fused-ring (bicyclic) bond motifs is 1. The highest BCUT2D eigenvalue weighted by atomic mass is 32.2. The molecule has 6 aromatic carbocycles. The lowest BCUT2D eigenvalue weighted by molar-refractivity contribution is -0.116. The molecule has 47 heavy (non-hydrogen) atoms. The molecule has 6 nitrogen and oxygen atoms in total. The van der Waals surface area contributed by atoms with Crippen molar-refractivity contribution in [2.45, 2.75) is 10.1 Å². The minimum Gasteiger partial charge on any atom is -0.325 e. The van der Waals surface area contributed by atoms with Crippen molar-refractivity contribution < 1.29 is 14.4 Å². The molecule has 6 rings (SSSR count). The van der Waals surface area contributed by atoms with Crippen LogP contribution in [0.1, 0.15) is 26.7 Å². The largest absolute Gasteiger partial charge is 0.325 e. The van der Waals surface area contributed by atoms with Crippen LogP contribution in [0.4, 0.5) is 11.4 Å². The quantitative estimate of drug-likeness (QED) is 0.104. The first-order valence-electron chi connectivity index (χ1n) is 15.1. The monoisotopic (exact) mass is 633 g/mol. The number of benzene rings is 6. The Kier molecular flexibility index (Phi) is 9.86. The lowest BCUT2D eigenvalue weighted by atomic mass is 10.1. The van der Waals surface area contributed by atoms with Gasteiger partial charge in [-0.2, -0.15) is 0 Å². The van der Waals surface area contributed by atoms with E-state index in [-0.39, 0.29) is 11.6 Å². The Bertz CT molecular complexity index is 2050. The van der Waals surface area contributed by atoms with Gasteiger partial charge in [0, 0.05) is 21.8 Å². The lowest BCUT2D eigenvalue weighted by Gasteiger charge is -2.18. The SMILES string of the molecule is O=C(Nc1cccc(SC(C(=O)Nc2ccc3ccccc3c2)c2ccccc2)c1)/C(=C/c1ccccc1)NC(=O)c1ccccc1. The van der Waals surface area contributed by atoms with Crippen molar-refractivity contribution in [1.29, 1.82) is 0 Å². The summed E-state index contributed by atoms with van der Waals surface area (Å²) in [4.78, 5) is 41.1. The molecule has 0 spiro atoms. The smallest absolute Gasteiger partial charge is 0.272 e. The number of nitrogens with one attached hydrogen (secondary N) is 3. The third kappa shape index (κ3) is 8.22. The van der Waals surface area contributed by atoms with Crippen LogP contribution in [0.2, 0.25) is 0 Å². The summed E-state index contributed by atoms with van der Waals surface area (Å²) in [7, 11) is 0. The van der Waals surface area contributed by atoms with E-state index in [0.29, 0.717) is 16.9 Å². The van der Waals surface area contributed by atoms with Gasteiger partial charge in [-0.1, -0.05) is 115 Å². The zero-order valence-corrected chi connectivity index (χ0v) is 26.1. The molecule has 0 saturated heterocycles. The van der Waals surface area contributed by atoms with E-state index in [4.69, 9.17) is 0 Å². The van der Waals surface area contributed by atoms with E-state index in [9.17, 15) is 14.4 Å². The summed E-state index contributed by atoms with van der Waals surface area (Å²) in [6.45, 7) is 0. The Labute approximate surface area is 277 Å². The number of carbonyl (C=O) groups excluding carboxylic acids is 3. The van der Waals surface area contributed by atoms with Gasteiger partial charge in [-0.25, -0.2) is 0 Å². The van der Waals surface area contributed by atoms with Crippen LogP contribution in [-0.2, 0) is 9.59 Å². The summed E-state index contributed by atoms with van der Waals surface area (Å²) < 4.78 is 0. The van der Waals surface area contributed by atoms with E-state index >= 15 is 0 Å². The molecule has 0 aliphatic rings. The maximum Gasteiger partial charge on any atom is 0.272 e. The van der Waals surface area contributed by atoms with Crippen molar-refractivity contribution in [3.8, 4) is 0 Å². The first-order valence-corrected chi connectivity index (χ1v) is 16.0. The van der Waals surface area contributed by atoms with E-state index in [2.05, 4.69) is 16.0 Å². The molecule has 0 aliphatic carbocycles. The Morgan fingerprint density at radius 3 is 1.96 bits per heavy atom. The fraction of sp³-hybridized carbons (Fsp3) is 0.0250. The van der Waals surface area contributed by atoms with Crippen molar-refractivity contribution in [2.75, 3.05) is 10.6 Å². The zero-order valence-electron chi connectivity index (χ0n) is 25.3. The van der Waals surface area contributed by atoms with Crippen LogP contribution < -0.4 is 16.0 Å². The van der Waals surface area contributed by atoms with Gasteiger partial charge in [-0.3, -0.25) is 14.4 Å². The first-order chi connectivity index (χ1) is 23.0. The molecule has 230 valence electrons. The average molecular weight is 634 g/mol. The Morgan fingerprint density at radius 1 is 0.574 bits per heavy atom. The van der Waals surface area contributed by atoms with Gasteiger partial charge in [-0.15, -0.1) is 11.8 Å². The van der Waals surface area contributed by atoms with Gasteiger partial charge in [0.15, 0.2) is 0 Å². The number of hydrogen-bond donors (Lipinski definition) is 3. The summed E-state index contributed by atoms with van der Waals surface area (Å²) in [6.07, 6.45) is 1.64. The third-order valence-corrected chi connectivity index (χ3v) is 8.59. The molecule has 6 aromatic rings. The number of rotatable bonds is 10. The molecule has 0 saturated carbocycles. The maximum absolute atomic E-state index is 13.7. The van der Waals surface area contributed by atoms with Crippen LogP contribution in [0.5, 0.6) is 0 Å². The number of thioether (sulfide) groups is 1. The highest BCUT2D eigenvalue weighted by Crippen LogP contribution is 2.37. The molecule has 0 fully saturated rings. The van der Waals surface area contributed by atoms with E-state index in [0.717, 1.165) is 26.8 Å². The normalized spacial score (nSPS) is 11.8. The van der Waals surface area contributed by atoms with Crippen molar-refractivity contribution in [3.05, 3.63) is 180 Å². The third-order valence-electron chi connectivity index (χ3n) is 7.34. The van der Waals surface area contributed by atoms with Gasteiger partial charge in [-0.05, 0) is 70.4 Å². The van der Waals surface area contributed by atoms with Crippen LogP contribution >= 0.6 is 11.8 Å². The highest BCUT2D eigenvalue weighted by molar-refractivity contribution is 8.00. The summed E-state index contributed by atoms with van der Waals surface area (Å²) in [5.74, 6) is -1.04. The number of hydrogen-bond acceptors (Lipinski definition) is 4. The molecule has 0 aromatic heterocycles. The van der Waals surface area contributed by atoms with E-state index in [1.807, 2.05) is 127 Å². The second-order valence-electron chi connectivity index (χ2n) is 10.7. The first kappa shape index (κ1) is 31.1. The predicted octanol–water partition coefficient (Wildman–Crippen LogP) is 8.72. The summed E-state index contributed by atoms with van der Waals surface area (Å²) in [6, 6.07) is 48.8. The lowest BCUT2D eigenvalue weighted by Crippen LogP contribution is -2.30. The Morgan fingerprint density at radius 2 is 1.21 bits per heavy atom. The minimum absolute atomic E-state index is 0.0973. The maximum atomic E-state index is 13.7.